The number of hydrogen-bond donors (Lipinski definition) is 0. The van der Waals surface area contributed by atoms with Gasteiger partial charge in [-0.05, 0) is 24.5 Å². The molecule has 0 fully saturated rings. The highest BCUT2D eigenvalue weighted by atomic mass is 32.2. The molecule has 1 aromatic carbocycles. The second-order valence-electron chi connectivity index (χ2n) is 4.99. The van der Waals surface area contributed by atoms with E-state index >= 15 is 0 Å². The van der Waals surface area contributed by atoms with Crippen LogP contribution in [0, 0.1) is 5.82 Å². The average molecular weight is 301 g/mol. The number of benzene rings is 1. The predicted octanol–water partition coefficient (Wildman–Crippen LogP) is 1.94. The third-order valence-corrected chi connectivity index (χ3v) is 6.11. The van der Waals surface area contributed by atoms with Crippen molar-refractivity contribution in [1.82, 2.24) is 4.31 Å². The Balaban J connectivity index is 2.26. The fourth-order valence-electron chi connectivity index (χ4n) is 2.54. The summed E-state index contributed by atoms with van der Waals surface area (Å²) in [4.78, 5) is 0. The average Bonchev–Trinajstić information content (AvgIpc) is 2.44. The maximum absolute atomic E-state index is 13.8. The molecular formula is C14H20FNO3S. The molecule has 0 amide bonds. The van der Waals surface area contributed by atoms with Gasteiger partial charge >= 0.3 is 0 Å². The van der Waals surface area contributed by atoms with Crippen LogP contribution in [0.4, 0.5) is 4.39 Å². The van der Waals surface area contributed by atoms with Crippen LogP contribution in [0.15, 0.2) is 18.2 Å². The van der Waals surface area contributed by atoms with Crippen LogP contribution in [0.3, 0.4) is 0 Å². The van der Waals surface area contributed by atoms with E-state index in [1.54, 1.807) is 6.07 Å². The fraction of sp³-hybridized carbons (Fsp3) is 0.571. The molecule has 1 aliphatic heterocycles. The van der Waals surface area contributed by atoms with E-state index in [0.717, 1.165) is 5.56 Å². The number of nitrogens with zero attached hydrogens (tertiary/aromatic N) is 1. The minimum Gasteiger partial charge on any atom is -0.383 e. The highest BCUT2D eigenvalue weighted by Crippen LogP contribution is 2.25. The van der Waals surface area contributed by atoms with E-state index in [-0.39, 0.29) is 19.0 Å². The third-order valence-electron chi connectivity index (χ3n) is 3.77. The number of ether oxygens (including phenoxy) is 1. The lowest BCUT2D eigenvalue weighted by Crippen LogP contribution is -2.43. The lowest BCUT2D eigenvalue weighted by Gasteiger charge is -2.31. The minimum absolute atomic E-state index is 0.116. The summed E-state index contributed by atoms with van der Waals surface area (Å²) in [6.45, 7) is 2.50. The van der Waals surface area contributed by atoms with E-state index in [1.165, 1.54) is 17.5 Å². The maximum Gasteiger partial charge on any atom is 0.219 e. The monoisotopic (exact) mass is 301 g/mol. The molecule has 1 atom stereocenters. The van der Waals surface area contributed by atoms with Crippen LogP contribution in [0.1, 0.15) is 24.5 Å². The molecule has 0 aliphatic carbocycles. The molecule has 1 aromatic rings. The van der Waals surface area contributed by atoms with Gasteiger partial charge in [0.05, 0.1) is 11.9 Å². The van der Waals surface area contributed by atoms with E-state index in [1.807, 2.05) is 13.0 Å². The lowest BCUT2D eigenvalue weighted by molar-refractivity contribution is 0.192. The van der Waals surface area contributed by atoms with Crippen molar-refractivity contribution in [3.05, 3.63) is 35.1 Å². The van der Waals surface area contributed by atoms with Crippen molar-refractivity contribution >= 4 is 10.0 Å². The fourth-order valence-corrected chi connectivity index (χ4v) is 4.35. The Hall–Kier alpha value is -0.980. The second-order valence-corrected chi connectivity index (χ2v) is 7.20. The third kappa shape index (κ3) is 2.87. The Morgan fingerprint density at radius 1 is 1.45 bits per heavy atom. The normalized spacial score (nSPS) is 17.8. The Kier molecular flexibility index (Phi) is 4.78. The molecule has 1 aliphatic rings. The summed E-state index contributed by atoms with van der Waals surface area (Å²) in [5.41, 5.74) is 1.39. The van der Waals surface area contributed by atoms with Crippen LogP contribution < -0.4 is 0 Å². The summed E-state index contributed by atoms with van der Waals surface area (Å²) in [5, 5.41) is -0.569. The first kappa shape index (κ1) is 15.4. The molecule has 0 saturated carbocycles. The van der Waals surface area contributed by atoms with Crippen molar-refractivity contribution in [2.75, 3.05) is 20.3 Å². The smallest absolute Gasteiger partial charge is 0.219 e. The first-order valence-corrected chi connectivity index (χ1v) is 8.25. The summed E-state index contributed by atoms with van der Waals surface area (Å²) < 4.78 is 45.3. The first-order chi connectivity index (χ1) is 9.50. The summed E-state index contributed by atoms with van der Waals surface area (Å²) in [6.07, 6.45) is 1.03. The molecule has 0 spiro atoms. The number of halogens is 1. The number of fused-ring (bicyclic) bond motifs is 1. The van der Waals surface area contributed by atoms with Crippen LogP contribution in [0.25, 0.3) is 0 Å². The van der Waals surface area contributed by atoms with Gasteiger partial charge in [-0.1, -0.05) is 19.1 Å². The molecule has 0 bridgehead atoms. The zero-order valence-corrected chi connectivity index (χ0v) is 12.6. The largest absolute Gasteiger partial charge is 0.383 e. The van der Waals surface area contributed by atoms with Gasteiger partial charge in [-0.3, -0.25) is 0 Å². The molecule has 1 unspecified atom stereocenters. The van der Waals surface area contributed by atoms with Crippen LogP contribution in [-0.2, 0) is 27.7 Å². The van der Waals surface area contributed by atoms with Crippen molar-refractivity contribution in [3.63, 3.8) is 0 Å². The van der Waals surface area contributed by atoms with Gasteiger partial charge in [-0.2, -0.15) is 4.31 Å². The Labute approximate surface area is 119 Å². The summed E-state index contributed by atoms with van der Waals surface area (Å²) in [6, 6.07) is 4.90. The minimum atomic E-state index is -3.45. The zero-order valence-electron chi connectivity index (χ0n) is 11.8. The summed E-state index contributed by atoms with van der Waals surface area (Å²) >= 11 is 0. The SMILES string of the molecule is CCC(COC)S(=O)(=O)N1CCc2cccc(F)c2C1. The topological polar surface area (TPSA) is 46.6 Å². The molecule has 4 nitrogen and oxygen atoms in total. The molecule has 20 heavy (non-hydrogen) atoms. The number of methoxy groups -OCH3 is 1. The molecule has 2 rings (SSSR count). The Bertz CT molecular complexity index is 574. The van der Waals surface area contributed by atoms with E-state index < -0.39 is 15.3 Å². The van der Waals surface area contributed by atoms with E-state index in [9.17, 15) is 12.8 Å². The highest BCUT2D eigenvalue weighted by molar-refractivity contribution is 7.89. The van der Waals surface area contributed by atoms with Gasteiger partial charge in [0, 0.05) is 25.8 Å². The summed E-state index contributed by atoms with van der Waals surface area (Å²) in [5.74, 6) is -0.331. The number of sulfonamides is 1. The molecule has 6 heteroatoms. The van der Waals surface area contributed by atoms with Crippen molar-refractivity contribution in [3.8, 4) is 0 Å². The molecular weight excluding hydrogens is 281 g/mol. The quantitative estimate of drug-likeness (QED) is 0.835. The molecule has 0 saturated heterocycles. The molecule has 0 N–H and O–H groups in total. The van der Waals surface area contributed by atoms with Crippen LogP contribution in [-0.4, -0.2) is 38.2 Å². The van der Waals surface area contributed by atoms with Crippen molar-refractivity contribution in [2.24, 2.45) is 0 Å². The molecule has 1 heterocycles. The molecule has 112 valence electrons. The molecule has 0 aromatic heterocycles. The van der Waals surface area contributed by atoms with Crippen molar-refractivity contribution < 1.29 is 17.5 Å². The van der Waals surface area contributed by atoms with Gasteiger partial charge in [-0.15, -0.1) is 0 Å². The van der Waals surface area contributed by atoms with E-state index in [0.29, 0.717) is 24.9 Å². The van der Waals surface area contributed by atoms with Gasteiger partial charge in [0.15, 0.2) is 0 Å². The molecule has 0 radical (unpaired) electrons. The van der Waals surface area contributed by atoms with Crippen molar-refractivity contribution in [2.45, 2.75) is 31.6 Å². The van der Waals surface area contributed by atoms with Crippen LogP contribution in [0.5, 0.6) is 0 Å². The van der Waals surface area contributed by atoms with Crippen LogP contribution >= 0.6 is 0 Å². The zero-order chi connectivity index (χ0) is 14.8. The maximum atomic E-state index is 13.8. The van der Waals surface area contributed by atoms with E-state index in [4.69, 9.17) is 4.74 Å². The van der Waals surface area contributed by atoms with Gasteiger partial charge in [0.25, 0.3) is 0 Å². The van der Waals surface area contributed by atoms with Gasteiger partial charge < -0.3 is 4.74 Å². The van der Waals surface area contributed by atoms with E-state index in [2.05, 4.69) is 0 Å². The highest BCUT2D eigenvalue weighted by Gasteiger charge is 2.33. The lowest BCUT2D eigenvalue weighted by atomic mass is 10.0. The summed E-state index contributed by atoms with van der Waals surface area (Å²) in [7, 11) is -1.96. The predicted molar refractivity (Wildman–Crippen MR) is 75.4 cm³/mol. The van der Waals surface area contributed by atoms with Gasteiger partial charge in [0.1, 0.15) is 5.82 Å². The van der Waals surface area contributed by atoms with Crippen molar-refractivity contribution in [1.29, 1.82) is 0 Å². The van der Waals surface area contributed by atoms with Gasteiger partial charge in [-0.25, -0.2) is 12.8 Å². The standard InChI is InChI=1S/C14H20FNO3S/c1-3-12(10-19-2)20(17,18)16-8-7-11-5-4-6-14(15)13(11)9-16/h4-6,12H,3,7-10H2,1-2H3. The second kappa shape index (κ2) is 6.20. The number of hydrogen-bond acceptors (Lipinski definition) is 3. The first-order valence-electron chi connectivity index (χ1n) is 6.74. The van der Waals surface area contributed by atoms with Crippen LogP contribution in [0.2, 0.25) is 0 Å². The Morgan fingerprint density at radius 3 is 2.85 bits per heavy atom. The number of rotatable bonds is 5. The Morgan fingerprint density at radius 2 is 2.20 bits per heavy atom. The van der Waals surface area contributed by atoms with Gasteiger partial charge in [0.2, 0.25) is 10.0 Å².